The number of fused-ring (bicyclic) bond motifs is 1. The maximum atomic E-state index is 14.2. The number of carbonyl (C=O) groups is 5. The lowest BCUT2D eigenvalue weighted by Gasteiger charge is -2.40. The second kappa shape index (κ2) is 17.8. The van der Waals surface area contributed by atoms with Gasteiger partial charge in [0.15, 0.2) is 11.6 Å². The van der Waals surface area contributed by atoms with Gasteiger partial charge in [0.1, 0.15) is 18.0 Å². The third kappa shape index (κ3) is 8.79. The fraction of sp³-hybridized carbons (Fsp3) is 0.419. The normalized spacial score (nSPS) is 19.2. The molecule has 0 saturated carbocycles. The number of nitrogens with two attached hydrogens (primary N) is 1. The van der Waals surface area contributed by atoms with E-state index in [2.05, 4.69) is 25.6 Å². The number of benzene rings is 2. The standard InChI is InChI=1S/C43H46Cl2FN9O6/c1-24(37-30(44)9-10-31(46)39(37)45)61-34-18-25(19-48-40(34)47)26-20-49-54(21-26)28-13-16-53(17-14-28)36(57)8-3-2-4-15-52-22-27(23-52)50-32-7-5-6-29-38(32)43(60)55(42(29)59)33-11-12-35(56)51-41(33)58/h5-7,9-10,18-21,24,27-28,33,50H,2-4,8,11-17,22-23H2,1H3,(H2,47,48)(H,51,56,58)/t24-,33?/m0/s1. The Morgan fingerprint density at radius 2 is 1.80 bits per heavy atom. The maximum Gasteiger partial charge on any atom is 0.264 e. The van der Waals surface area contributed by atoms with Gasteiger partial charge in [0.25, 0.3) is 11.8 Å². The largest absolute Gasteiger partial charge is 0.482 e. The molecule has 4 N–H and O–H groups in total. The molecule has 0 aliphatic carbocycles. The van der Waals surface area contributed by atoms with Gasteiger partial charge >= 0.3 is 0 Å². The van der Waals surface area contributed by atoms with E-state index in [-0.39, 0.29) is 57.8 Å². The van der Waals surface area contributed by atoms with Crippen LogP contribution in [0.15, 0.2) is 55.0 Å². The van der Waals surface area contributed by atoms with Gasteiger partial charge in [0.2, 0.25) is 17.7 Å². The van der Waals surface area contributed by atoms with Gasteiger partial charge in [0.05, 0.1) is 34.4 Å². The Hall–Kier alpha value is -5.58. The van der Waals surface area contributed by atoms with Crippen LogP contribution in [-0.4, -0.2) is 104 Å². The number of nitrogens with zero attached hydrogens (tertiary/aromatic N) is 6. The Morgan fingerprint density at radius 3 is 2.57 bits per heavy atom. The van der Waals surface area contributed by atoms with Crippen molar-refractivity contribution in [1.29, 1.82) is 0 Å². The average Bonchev–Trinajstić information content (AvgIpc) is 3.82. The number of ether oxygens (including phenoxy) is 1. The molecular weight excluding hydrogens is 828 g/mol. The summed E-state index contributed by atoms with van der Waals surface area (Å²) in [7, 11) is 0. The molecule has 6 heterocycles. The number of halogens is 3. The molecule has 2 aromatic heterocycles. The Morgan fingerprint density at radius 1 is 1.02 bits per heavy atom. The molecule has 3 fully saturated rings. The second-order valence-corrected chi connectivity index (χ2v) is 16.8. The molecule has 1 unspecified atom stereocenters. The van der Waals surface area contributed by atoms with Crippen LogP contribution in [0.2, 0.25) is 10.0 Å². The van der Waals surface area contributed by atoms with Gasteiger partial charge in [-0.2, -0.15) is 5.10 Å². The van der Waals surface area contributed by atoms with Crippen LogP contribution in [0.1, 0.15) is 96.7 Å². The first-order chi connectivity index (χ1) is 29.4. The minimum Gasteiger partial charge on any atom is -0.482 e. The highest BCUT2D eigenvalue weighted by atomic mass is 35.5. The van der Waals surface area contributed by atoms with Crippen molar-refractivity contribution in [3.05, 3.63) is 87.5 Å². The van der Waals surface area contributed by atoms with Gasteiger partial charge in [-0.15, -0.1) is 0 Å². The number of amides is 5. The van der Waals surface area contributed by atoms with E-state index in [0.29, 0.717) is 36.5 Å². The fourth-order valence-corrected chi connectivity index (χ4v) is 9.26. The van der Waals surface area contributed by atoms with Crippen LogP contribution in [0.5, 0.6) is 5.75 Å². The third-order valence-electron chi connectivity index (χ3n) is 11.9. The number of nitrogens with one attached hydrogen (secondary N) is 2. The van der Waals surface area contributed by atoms with E-state index in [1.165, 1.54) is 12.1 Å². The number of anilines is 2. The zero-order valence-electron chi connectivity index (χ0n) is 33.5. The predicted octanol–water partition coefficient (Wildman–Crippen LogP) is 6.03. The summed E-state index contributed by atoms with van der Waals surface area (Å²) in [6.45, 7) is 5.48. The quantitative estimate of drug-likeness (QED) is 0.0763. The van der Waals surface area contributed by atoms with E-state index in [1.54, 1.807) is 43.6 Å². The van der Waals surface area contributed by atoms with Gasteiger partial charge in [-0.3, -0.25) is 43.8 Å². The van der Waals surface area contributed by atoms with Gasteiger partial charge in [-0.25, -0.2) is 9.37 Å². The minimum atomic E-state index is -1.00. The van der Waals surface area contributed by atoms with Crippen molar-refractivity contribution in [2.75, 3.05) is 43.8 Å². The van der Waals surface area contributed by atoms with E-state index in [9.17, 15) is 28.4 Å². The highest BCUT2D eigenvalue weighted by Crippen LogP contribution is 2.38. The van der Waals surface area contributed by atoms with Gasteiger partial charge in [0, 0.05) is 78.8 Å². The summed E-state index contributed by atoms with van der Waals surface area (Å²) in [6, 6.07) is 8.71. The Kier molecular flexibility index (Phi) is 12.3. The minimum absolute atomic E-state index is 0.0704. The molecular formula is C43H46Cl2FN9O6. The number of pyridine rings is 1. The third-order valence-corrected chi connectivity index (χ3v) is 12.7. The summed E-state index contributed by atoms with van der Waals surface area (Å²) in [5.41, 5.74) is 9.10. The Labute approximate surface area is 361 Å². The van der Waals surface area contributed by atoms with Gasteiger partial charge < -0.3 is 20.7 Å². The Bertz CT molecular complexity index is 2380. The molecule has 4 aromatic rings. The van der Waals surface area contributed by atoms with E-state index < -0.39 is 41.6 Å². The molecule has 61 heavy (non-hydrogen) atoms. The summed E-state index contributed by atoms with van der Waals surface area (Å²) in [6.07, 6.45) is 9.62. The molecule has 4 aliphatic heterocycles. The number of aromatic nitrogens is 3. The average molecular weight is 875 g/mol. The first-order valence-corrected chi connectivity index (χ1v) is 21.3. The molecule has 18 heteroatoms. The fourth-order valence-electron chi connectivity index (χ4n) is 8.58. The van der Waals surface area contributed by atoms with Crippen LogP contribution in [0.3, 0.4) is 0 Å². The molecule has 5 amide bonds. The zero-order valence-corrected chi connectivity index (χ0v) is 35.1. The lowest BCUT2D eigenvalue weighted by atomic mass is 10.0. The van der Waals surface area contributed by atoms with Crippen LogP contribution in [-0.2, 0) is 14.4 Å². The smallest absolute Gasteiger partial charge is 0.264 e. The van der Waals surface area contributed by atoms with Crippen LogP contribution in [0, 0.1) is 5.82 Å². The number of carbonyl (C=O) groups excluding carboxylic acids is 5. The summed E-state index contributed by atoms with van der Waals surface area (Å²) in [5, 5.41) is 10.4. The first-order valence-electron chi connectivity index (χ1n) is 20.6. The van der Waals surface area contributed by atoms with Gasteiger partial charge in [-0.05, 0) is 75.9 Å². The Balaban J connectivity index is 0.740. The first kappa shape index (κ1) is 42.1. The summed E-state index contributed by atoms with van der Waals surface area (Å²) in [4.78, 5) is 73.3. The van der Waals surface area contributed by atoms with Crippen molar-refractivity contribution < 1.29 is 33.1 Å². The summed E-state index contributed by atoms with van der Waals surface area (Å²) < 4.78 is 22.1. The van der Waals surface area contributed by atoms with Crippen LogP contribution in [0.25, 0.3) is 11.1 Å². The molecule has 0 spiro atoms. The number of likely N-dealkylation sites (tertiary alicyclic amines) is 2. The summed E-state index contributed by atoms with van der Waals surface area (Å²) in [5.74, 6) is -2.04. The zero-order chi connectivity index (χ0) is 42.9. The molecule has 2 atom stereocenters. The molecule has 320 valence electrons. The number of imide groups is 2. The van der Waals surface area contributed by atoms with Crippen molar-refractivity contribution >= 4 is 64.2 Å². The molecule has 8 rings (SSSR count). The van der Waals surface area contributed by atoms with E-state index >= 15 is 0 Å². The number of hydrogen-bond donors (Lipinski definition) is 3. The number of piperidine rings is 2. The maximum absolute atomic E-state index is 14.2. The topological polar surface area (TPSA) is 185 Å². The van der Waals surface area contributed by atoms with Crippen LogP contribution in [0.4, 0.5) is 15.9 Å². The predicted molar refractivity (Wildman–Crippen MR) is 226 cm³/mol. The van der Waals surface area contributed by atoms with Gasteiger partial charge in [-0.1, -0.05) is 35.7 Å². The SMILES string of the molecule is C[C@H](Oc1cc(-c2cnn(C3CCN(C(=O)CCCCCN4CC(Nc5cccc6c5C(=O)N(C5CCC(=O)NC5=O)C6=O)C4)CC3)c2)cnc1N)c1c(Cl)ccc(F)c1Cl. The van der Waals surface area contributed by atoms with Crippen molar-refractivity contribution in [3.8, 4) is 16.9 Å². The molecule has 4 aliphatic rings. The van der Waals surface area contributed by atoms with Crippen molar-refractivity contribution in [2.24, 2.45) is 0 Å². The number of unbranched alkanes of at least 4 members (excludes halogenated alkanes) is 2. The number of rotatable bonds is 14. The number of nitrogen functional groups attached to an aromatic ring is 1. The number of hydrogen-bond acceptors (Lipinski definition) is 11. The highest BCUT2D eigenvalue weighted by molar-refractivity contribution is 6.36. The molecule has 3 saturated heterocycles. The lowest BCUT2D eigenvalue weighted by Crippen LogP contribution is -2.55. The highest BCUT2D eigenvalue weighted by Gasteiger charge is 2.46. The lowest BCUT2D eigenvalue weighted by molar-refractivity contribution is -0.136. The molecule has 2 aromatic carbocycles. The van der Waals surface area contributed by atoms with E-state index in [4.69, 9.17) is 33.7 Å². The summed E-state index contributed by atoms with van der Waals surface area (Å²) >= 11 is 12.5. The van der Waals surface area contributed by atoms with E-state index in [0.717, 1.165) is 67.8 Å². The van der Waals surface area contributed by atoms with Crippen LogP contribution < -0.4 is 21.1 Å². The van der Waals surface area contributed by atoms with Crippen molar-refractivity contribution in [3.63, 3.8) is 0 Å². The molecule has 0 radical (unpaired) electrons. The van der Waals surface area contributed by atoms with Crippen molar-refractivity contribution in [2.45, 2.75) is 82.5 Å². The monoisotopic (exact) mass is 873 g/mol. The van der Waals surface area contributed by atoms with Crippen molar-refractivity contribution in [1.82, 2.24) is 34.8 Å². The molecule has 0 bridgehead atoms. The molecule has 15 nitrogen and oxygen atoms in total. The van der Waals surface area contributed by atoms with Crippen LogP contribution >= 0.6 is 23.2 Å². The second-order valence-electron chi connectivity index (χ2n) is 16.0. The van der Waals surface area contributed by atoms with E-state index in [1.807, 2.05) is 15.8 Å².